The number of halogens is 1. The van der Waals surface area contributed by atoms with E-state index >= 15 is 0 Å². The van der Waals surface area contributed by atoms with E-state index in [4.69, 9.17) is 0 Å². The molecule has 2 heteroatoms. The Hall–Kier alpha value is -1.70. The third kappa shape index (κ3) is 1.26. The zero-order chi connectivity index (χ0) is 11.2. The summed E-state index contributed by atoms with van der Waals surface area (Å²) in [6.07, 6.45) is 2.85. The lowest BCUT2D eigenvalue weighted by molar-refractivity contribution is -0.109. The van der Waals surface area contributed by atoms with Gasteiger partial charge in [-0.25, -0.2) is 4.39 Å². The predicted molar refractivity (Wildman–Crippen MR) is 60.9 cm³/mol. The summed E-state index contributed by atoms with van der Waals surface area (Å²) in [5.41, 5.74) is 0.737. The first kappa shape index (κ1) is 9.52. The molecule has 2 aromatic carbocycles. The van der Waals surface area contributed by atoms with Crippen molar-refractivity contribution in [3.8, 4) is 0 Å². The normalized spacial score (nSPS) is 17.3. The molecule has 1 fully saturated rings. The molecule has 0 bridgehead atoms. The van der Waals surface area contributed by atoms with Crippen LogP contribution < -0.4 is 0 Å². The Morgan fingerprint density at radius 1 is 1.19 bits per heavy atom. The third-order valence-corrected chi connectivity index (χ3v) is 3.42. The Balaban J connectivity index is 2.20. The molecule has 80 valence electrons. The number of aldehydes is 1. The minimum atomic E-state index is -0.277. The highest BCUT2D eigenvalue weighted by Crippen LogP contribution is 2.46. The predicted octanol–water partition coefficient (Wildman–Crippen LogP) is 3.21. The lowest BCUT2D eigenvalue weighted by Gasteiger charge is -2.08. The second-order valence-electron chi connectivity index (χ2n) is 4.45. The lowest BCUT2D eigenvalue weighted by atomic mass is 9.95. The number of rotatable bonds is 2. The number of hydrogen-bond donors (Lipinski definition) is 0. The molecule has 0 unspecified atom stereocenters. The van der Waals surface area contributed by atoms with Crippen molar-refractivity contribution in [2.75, 3.05) is 0 Å². The van der Waals surface area contributed by atoms with E-state index in [-0.39, 0.29) is 11.2 Å². The summed E-state index contributed by atoms with van der Waals surface area (Å²) < 4.78 is 13.4. The van der Waals surface area contributed by atoms with Crippen molar-refractivity contribution >= 4 is 17.1 Å². The fraction of sp³-hybridized carbons (Fsp3) is 0.214. The van der Waals surface area contributed by atoms with Gasteiger partial charge < -0.3 is 4.79 Å². The average Bonchev–Trinajstić information content (AvgIpc) is 3.10. The average molecular weight is 214 g/mol. The number of carbonyl (C=O) groups is 1. The van der Waals surface area contributed by atoms with Crippen LogP contribution >= 0.6 is 0 Å². The minimum Gasteiger partial charge on any atom is -0.302 e. The molecule has 3 rings (SSSR count). The van der Waals surface area contributed by atoms with Gasteiger partial charge >= 0.3 is 0 Å². The zero-order valence-electron chi connectivity index (χ0n) is 8.74. The molecule has 1 aliphatic rings. The topological polar surface area (TPSA) is 17.1 Å². The first-order valence-electron chi connectivity index (χ1n) is 5.40. The molecule has 0 heterocycles. The molecule has 0 aliphatic heterocycles. The minimum absolute atomic E-state index is 0.208. The summed E-state index contributed by atoms with van der Waals surface area (Å²) in [5.74, 6) is -0.208. The van der Waals surface area contributed by atoms with Crippen LogP contribution in [-0.4, -0.2) is 6.29 Å². The highest BCUT2D eigenvalue weighted by molar-refractivity contribution is 5.86. The van der Waals surface area contributed by atoms with Crippen LogP contribution in [0.5, 0.6) is 0 Å². The highest BCUT2D eigenvalue weighted by atomic mass is 19.1. The molecule has 0 amide bonds. The Morgan fingerprint density at radius 2 is 2.00 bits per heavy atom. The van der Waals surface area contributed by atoms with E-state index in [0.29, 0.717) is 5.39 Å². The third-order valence-electron chi connectivity index (χ3n) is 3.42. The summed E-state index contributed by atoms with van der Waals surface area (Å²) in [4.78, 5) is 11.0. The van der Waals surface area contributed by atoms with Crippen molar-refractivity contribution in [1.29, 1.82) is 0 Å². The summed E-state index contributed by atoms with van der Waals surface area (Å²) in [7, 11) is 0. The fourth-order valence-corrected chi connectivity index (χ4v) is 2.16. The number of fused-ring (bicyclic) bond motifs is 1. The van der Waals surface area contributed by atoms with Gasteiger partial charge in [0.05, 0.1) is 5.41 Å². The molecule has 0 radical (unpaired) electrons. The molecule has 1 saturated carbocycles. The summed E-state index contributed by atoms with van der Waals surface area (Å²) in [6, 6.07) is 10.6. The monoisotopic (exact) mass is 214 g/mol. The van der Waals surface area contributed by atoms with Crippen LogP contribution in [0.2, 0.25) is 0 Å². The smallest absolute Gasteiger partial charge is 0.131 e. The first-order valence-corrected chi connectivity index (χ1v) is 5.40. The summed E-state index contributed by atoms with van der Waals surface area (Å²) >= 11 is 0. The van der Waals surface area contributed by atoms with Crippen molar-refractivity contribution < 1.29 is 9.18 Å². The molecule has 0 aromatic heterocycles. The maximum absolute atomic E-state index is 13.4. The largest absolute Gasteiger partial charge is 0.302 e. The van der Waals surface area contributed by atoms with Gasteiger partial charge in [-0.2, -0.15) is 0 Å². The van der Waals surface area contributed by atoms with E-state index in [0.717, 1.165) is 30.1 Å². The van der Waals surface area contributed by atoms with Gasteiger partial charge in [0, 0.05) is 5.39 Å². The second-order valence-corrected chi connectivity index (χ2v) is 4.45. The number of carbonyl (C=O) groups excluding carboxylic acids is 1. The van der Waals surface area contributed by atoms with E-state index < -0.39 is 0 Å². The van der Waals surface area contributed by atoms with E-state index in [1.807, 2.05) is 18.2 Å². The van der Waals surface area contributed by atoms with Gasteiger partial charge in [-0.1, -0.05) is 30.3 Å². The van der Waals surface area contributed by atoms with Gasteiger partial charge in [-0.3, -0.25) is 0 Å². The summed E-state index contributed by atoms with van der Waals surface area (Å²) in [6.45, 7) is 0. The lowest BCUT2D eigenvalue weighted by Crippen LogP contribution is -2.07. The fourth-order valence-electron chi connectivity index (χ4n) is 2.16. The maximum atomic E-state index is 13.4. The first-order chi connectivity index (χ1) is 7.75. The van der Waals surface area contributed by atoms with Crippen LogP contribution in [0.15, 0.2) is 36.4 Å². The van der Waals surface area contributed by atoms with E-state index in [2.05, 4.69) is 0 Å². The molecule has 0 saturated heterocycles. The quantitative estimate of drug-likeness (QED) is 0.701. The zero-order valence-corrected chi connectivity index (χ0v) is 8.74. The van der Waals surface area contributed by atoms with Crippen molar-refractivity contribution in [3.63, 3.8) is 0 Å². The van der Waals surface area contributed by atoms with Crippen molar-refractivity contribution in [3.05, 3.63) is 47.8 Å². The van der Waals surface area contributed by atoms with Crippen LogP contribution in [0.3, 0.4) is 0 Å². The SMILES string of the molecule is O=CC1(c2ccc3c(F)cccc3c2)CC1. The molecule has 0 spiro atoms. The Labute approximate surface area is 92.9 Å². The Kier molecular flexibility index (Phi) is 1.87. The van der Waals surface area contributed by atoms with Gasteiger partial charge in [-0.15, -0.1) is 0 Å². The van der Waals surface area contributed by atoms with Crippen molar-refractivity contribution in [2.24, 2.45) is 0 Å². The summed E-state index contributed by atoms with van der Waals surface area (Å²) in [5, 5.41) is 1.48. The van der Waals surface area contributed by atoms with Crippen LogP contribution in [0.25, 0.3) is 10.8 Å². The molecule has 1 aliphatic carbocycles. The van der Waals surface area contributed by atoms with Gasteiger partial charge in [0.25, 0.3) is 0 Å². The van der Waals surface area contributed by atoms with Gasteiger partial charge in [0.15, 0.2) is 0 Å². The molecule has 2 aromatic rings. The van der Waals surface area contributed by atoms with Gasteiger partial charge in [0.2, 0.25) is 0 Å². The van der Waals surface area contributed by atoms with Gasteiger partial charge in [-0.05, 0) is 29.9 Å². The van der Waals surface area contributed by atoms with Crippen LogP contribution in [0.4, 0.5) is 4.39 Å². The number of hydrogen-bond acceptors (Lipinski definition) is 1. The van der Waals surface area contributed by atoms with Crippen LogP contribution in [0, 0.1) is 5.82 Å². The standard InChI is InChI=1S/C14H11FO/c15-13-3-1-2-10-8-11(4-5-12(10)13)14(9-16)6-7-14/h1-5,8-9H,6-7H2. The maximum Gasteiger partial charge on any atom is 0.131 e. The van der Waals surface area contributed by atoms with Crippen LogP contribution in [-0.2, 0) is 10.2 Å². The Morgan fingerprint density at radius 3 is 2.69 bits per heavy atom. The van der Waals surface area contributed by atoms with E-state index in [9.17, 15) is 9.18 Å². The van der Waals surface area contributed by atoms with E-state index in [1.54, 1.807) is 12.1 Å². The van der Waals surface area contributed by atoms with E-state index in [1.165, 1.54) is 6.07 Å². The van der Waals surface area contributed by atoms with Crippen molar-refractivity contribution in [2.45, 2.75) is 18.3 Å². The molecular formula is C14H11FO. The molecule has 16 heavy (non-hydrogen) atoms. The molecular weight excluding hydrogens is 203 g/mol. The molecule has 1 nitrogen and oxygen atoms in total. The molecule has 0 atom stereocenters. The van der Waals surface area contributed by atoms with Gasteiger partial charge in [0.1, 0.15) is 12.1 Å². The Bertz CT molecular complexity index is 570. The van der Waals surface area contributed by atoms with Crippen molar-refractivity contribution in [1.82, 2.24) is 0 Å². The second kappa shape index (κ2) is 3.14. The molecule has 0 N–H and O–H groups in total. The highest BCUT2D eigenvalue weighted by Gasteiger charge is 2.44. The van der Waals surface area contributed by atoms with Crippen LogP contribution in [0.1, 0.15) is 18.4 Å². The number of benzene rings is 2.